The van der Waals surface area contributed by atoms with E-state index >= 15 is 0 Å². The van der Waals surface area contributed by atoms with Gasteiger partial charge in [-0.05, 0) is 74.1 Å². The van der Waals surface area contributed by atoms with Crippen molar-refractivity contribution in [2.75, 3.05) is 19.8 Å². The molecule has 1 aromatic rings. The van der Waals surface area contributed by atoms with Crippen molar-refractivity contribution in [3.05, 3.63) is 29.3 Å². The minimum Gasteiger partial charge on any atom is -0.494 e. The van der Waals surface area contributed by atoms with E-state index in [1.54, 1.807) is 0 Å². The second-order valence-corrected chi connectivity index (χ2v) is 11.3. The molecular weight excluding hydrogens is 432 g/mol. The van der Waals surface area contributed by atoms with E-state index in [0.29, 0.717) is 11.8 Å². The summed E-state index contributed by atoms with van der Waals surface area (Å²) in [4.78, 5) is 0. The molecule has 0 atom stereocenters. The molecule has 1 aromatic carbocycles. The Labute approximate surface area is 216 Å². The second kappa shape index (κ2) is 16.6. The fourth-order valence-corrected chi connectivity index (χ4v) is 5.98. The normalized spacial score (nSPS) is 25.0. The number of hydrogen-bond donors (Lipinski definition) is 0. The lowest BCUT2D eigenvalue weighted by Gasteiger charge is -2.34. The number of benzene rings is 1. The molecule has 200 valence electrons. The first-order valence-corrected chi connectivity index (χ1v) is 15.2. The molecule has 2 fully saturated rings. The Hall–Kier alpha value is -1.06. The SMILES string of the molecule is CCCCCCCC1CCC(c2cc(OCCC)ccc2C2OCC(CCCCCC)CO2)CC1. The lowest BCUT2D eigenvalue weighted by molar-refractivity contribution is -0.206. The Morgan fingerprint density at radius 1 is 0.686 bits per heavy atom. The summed E-state index contributed by atoms with van der Waals surface area (Å²) in [6, 6.07) is 6.66. The van der Waals surface area contributed by atoms with Crippen molar-refractivity contribution >= 4 is 0 Å². The van der Waals surface area contributed by atoms with Gasteiger partial charge in [0.25, 0.3) is 0 Å². The van der Waals surface area contributed by atoms with E-state index in [-0.39, 0.29) is 6.29 Å². The van der Waals surface area contributed by atoms with Crippen LogP contribution in [-0.4, -0.2) is 19.8 Å². The average molecular weight is 487 g/mol. The summed E-state index contributed by atoms with van der Waals surface area (Å²) in [5, 5.41) is 0. The largest absolute Gasteiger partial charge is 0.494 e. The number of hydrogen-bond acceptors (Lipinski definition) is 3. The van der Waals surface area contributed by atoms with Crippen LogP contribution in [0.15, 0.2) is 18.2 Å². The van der Waals surface area contributed by atoms with Crippen LogP contribution < -0.4 is 4.74 Å². The van der Waals surface area contributed by atoms with Crippen LogP contribution in [0.5, 0.6) is 5.75 Å². The van der Waals surface area contributed by atoms with E-state index in [9.17, 15) is 0 Å². The van der Waals surface area contributed by atoms with Gasteiger partial charge in [-0.1, -0.05) is 85.0 Å². The Bertz CT molecular complexity index is 671. The fourth-order valence-electron chi connectivity index (χ4n) is 5.98. The van der Waals surface area contributed by atoms with E-state index in [1.807, 2.05) is 0 Å². The number of rotatable bonds is 16. The van der Waals surface area contributed by atoms with Gasteiger partial charge in [0.05, 0.1) is 19.8 Å². The van der Waals surface area contributed by atoms with Gasteiger partial charge in [0.2, 0.25) is 0 Å². The van der Waals surface area contributed by atoms with Crippen molar-refractivity contribution in [3.8, 4) is 5.75 Å². The molecular formula is C32H54O3. The van der Waals surface area contributed by atoms with E-state index in [2.05, 4.69) is 39.0 Å². The Morgan fingerprint density at radius 3 is 1.97 bits per heavy atom. The first-order valence-electron chi connectivity index (χ1n) is 15.2. The van der Waals surface area contributed by atoms with Gasteiger partial charge in [-0.15, -0.1) is 0 Å². The highest BCUT2D eigenvalue weighted by atomic mass is 16.7. The van der Waals surface area contributed by atoms with E-state index in [4.69, 9.17) is 14.2 Å². The topological polar surface area (TPSA) is 27.7 Å². The lowest BCUT2D eigenvalue weighted by atomic mass is 9.76. The summed E-state index contributed by atoms with van der Waals surface area (Å²) in [6.45, 7) is 9.17. The van der Waals surface area contributed by atoms with E-state index < -0.39 is 0 Å². The molecule has 0 radical (unpaired) electrons. The summed E-state index contributed by atoms with van der Waals surface area (Å²) in [5.74, 6) is 3.08. The third kappa shape index (κ3) is 9.73. The number of unbranched alkanes of at least 4 members (excludes halogenated alkanes) is 7. The Balaban J connectivity index is 1.56. The van der Waals surface area contributed by atoms with Gasteiger partial charge in [-0.25, -0.2) is 0 Å². The molecule has 1 saturated heterocycles. The number of ether oxygens (including phenoxy) is 3. The van der Waals surface area contributed by atoms with E-state index in [1.165, 1.54) is 107 Å². The smallest absolute Gasteiger partial charge is 0.184 e. The monoisotopic (exact) mass is 486 g/mol. The summed E-state index contributed by atoms with van der Waals surface area (Å²) in [7, 11) is 0. The molecule has 0 spiro atoms. The van der Waals surface area contributed by atoms with E-state index in [0.717, 1.165) is 37.9 Å². The minimum absolute atomic E-state index is 0.214. The van der Waals surface area contributed by atoms with Crippen LogP contribution in [0.2, 0.25) is 0 Å². The highest BCUT2D eigenvalue weighted by Gasteiger charge is 2.30. The maximum Gasteiger partial charge on any atom is 0.184 e. The van der Waals surface area contributed by atoms with Crippen molar-refractivity contribution in [1.29, 1.82) is 0 Å². The molecule has 1 aliphatic heterocycles. The highest BCUT2D eigenvalue weighted by Crippen LogP contribution is 2.42. The molecule has 3 rings (SSSR count). The van der Waals surface area contributed by atoms with Crippen LogP contribution in [0.25, 0.3) is 0 Å². The zero-order valence-electron chi connectivity index (χ0n) is 23.2. The second-order valence-electron chi connectivity index (χ2n) is 11.3. The zero-order valence-corrected chi connectivity index (χ0v) is 23.2. The minimum atomic E-state index is -0.214. The first kappa shape index (κ1) is 28.5. The molecule has 3 nitrogen and oxygen atoms in total. The Morgan fingerprint density at radius 2 is 1.31 bits per heavy atom. The van der Waals surface area contributed by atoms with Crippen molar-refractivity contribution in [2.45, 2.75) is 136 Å². The average Bonchev–Trinajstić information content (AvgIpc) is 2.90. The van der Waals surface area contributed by atoms with Gasteiger partial charge in [0.1, 0.15) is 5.75 Å². The van der Waals surface area contributed by atoms with Crippen LogP contribution in [0.3, 0.4) is 0 Å². The predicted molar refractivity (Wildman–Crippen MR) is 147 cm³/mol. The molecule has 0 N–H and O–H groups in total. The molecule has 2 aliphatic rings. The third-order valence-corrected chi connectivity index (χ3v) is 8.22. The van der Waals surface area contributed by atoms with Gasteiger partial charge in [0, 0.05) is 11.5 Å². The summed E-state index contributed by atoms with van der Waals surface area (Å²) < 4.78 is 18.7. The maximum absolute atomic E-state index is 6.33. The van der Waals surface area contributed by atoms with Gasteiger partial charge in [0.15, 0.2) is 6.29 Å². The Kier molecular flexibility index (Phi) is 13.6. The standard InChI is InChI=1S/C32H54O3/c1-4-7-9-11-13-14-26-16-18-28(19-17-26)31-23-29(33-22-6-3)20-21-30(31)32-34-24-27(25-35-32)15-12-10-8-5-2/h20-21,23,26-28,32H,4-19,22,24-25H2,1-3H3. The van der Waals surface area contributed by atoms with Gasteiger partial charge in [-0.2, -0.15) is 0 Å². The van der Waals surface area contributed by atoms with Crippen LogP contribution in [0.1, 0.15) is 147 Å². The molecule has 35 heavy (non-hydrogen) atoms. The van der Waals surface area contributed by atoms with Crippen LogP contribution in [0.4, 0.5) is 0 Å². The molecule has 0 amide bonds. The van der Waals surface area contributed by atoms with Crippen LogP contribution >= 0.6 is 0 Å². The van der Waals surface area contributed by atoms with Crippen molar-refractivity contribution in [3.63, 3.8) is 0 Å². The quantitative estimate of drug-likeness (QED) is 0.218. The summed E-state index contributed by atoms with van der Waals surface area (Å²) >= 11 is 0. The van der Waals surface area contributed by atoms with Crippen molar-refractivity contribution in [1.82, 2.24) is 0 Å². The molecule has 1 aliphatic carbocycles. The molecule has 0 aromatic heterocycles. The predicted octanol–water partition coefficient (Wildman–Crippen LogP) is 9.74. The van der Waals surface area contributed by atoms with Gasteiger partial charge < -0.3 is 14.2 Å². The van der Waals surface area contributed by atoms with Crippen molar-refractivity contribution in [2.24, 2.45) is 11.8 Å². The third-order valence-electron chi connectivity index (χ3n) is 8.22. The molecule has 0 unspecified atom stereocenters. The van der Waals surface area contributed by atoms with Gasteiger partial charge >= 0.3 is 0 Å². The molecule has 0 bridgehead atoms. The highest BCUT2D eigenvalue weighted by molar-refractivity contribution is 5.39. The maximum atomic E-state index is 6.33. The van der Waals surface area contributed by atoms with Crippen LogP contribution in [-0.2, 0) is 9.47 Å². The fraction of sp³-hybridized carbons (Fsp3) is 0.812. The summed E-state index contributed by atoms with van der Waals surface area (Å²) in [5.41, 5.74) is 2.67. The molecule has 1 saturated carbocycles. The zero-order chi connectivity index (χ0) is 24.7. The van der Waals surface area contributed by atoms with Crippen LogP contribution in [0, 0.1) is 11.8 Å². The summed E-state index contributed by atoms with van der Waals surface area (Å²) in [6.07, 6.45) is 21.0. The van der Waals surface area contributed by atoms with Gasteiger partial charge in [-0.3, -0.25) is 0 Å². The molecule has 1 heterocycles. The lowest BCUT2D eigenvalue weighted by Crippen LogP contribution is -2.28. The molecule has 3 heteroatoms. The first-order chi connectivity index (χ1) is 17.2. The van der Waals surface area contributed by atoms with Crippen molar-refractivity contribution < 1.29 is 14.2 Å².